The standard InChI is InChI=1S/C21H25NO5/c1-13-18(21(24)27-12-11-25-2)19(14-7-4-5-10-17(14)26-3)20-15(22-13)8-6-9-16(20)23/h4-5,7,10,19,22H,6,8-9,11-12H2,1-3H3/t19-/m0/s1. The molecule has 0 radical (unpaired) electrons. The Hall–Kier alpha value is -2.60. The number of allylic oxidation sites excluding steroid dienone is 3. The molecule has 3 rings (SSSR count). The highest BCUT2D eigenvalue weighted by atomic mass is 16.6. The predicted octanol–water partition coefficient (Wildman–Crippen LogP) is 2.85. The summed E-state index contributed by atoms with van der Waals surface area (Å²) >= 11 is 0. The first-order valence-electron chi connectivity index (χ1n) is 9.11. The van der Waals surface area contributed by atoms with Crippen molar-refractivity contribution in [2.24, 2.45) is 0 Å². The summed E-state index contributed by atoms with van der Waals surface area (Å²) in [7, 11) is 3.14. The Kier molecular flexibility index (Phi) is 5.96. The van der Waals surface area contributed by atoms with Gasteiger partial charge in [-0.15, -0.1) is 0 Å². The van der Waals surface area contributed by atoms with Gasteiger partial charge in [-0.05, 0) is 25.8 Å². The first kappa shape index (κ1) is 19.2. The molecule has 1 aromatic rings. The molecule has 2 aliphatic rings. The van der Waals surface area contributed by atoms with Crippen molar-refractivity contribution in [3.8, 4) is 5.75 Å². The number of benzene rings is 1. The van der Waals surface area contributed by atoms with Gasteiger partial charge < -0.3 is 19.5 Å². The van der Waals surface area contributed by atoms with Crippen molar-refractivity contribution in [3.63, 3.8) is 0 Å². The number of Topliss-reactive ketones (excluding diaryl/α,β-unsaturated/α-hetero) is 1. The van der Waals surface area contributed by atoms with E-state index in [0.717, 1.165) is 24.1 Å². The van der Waals surface area contributed by atoms with E-state index in [-0.39, 0.29) is 12.4 Å². The van der Waals surface area contributed by atoms with E-state index in [2.05, 4.69) is 5.32 Å². The number of carbonyl (C=O) groups is 2. The molecule has 0 unspecified atom stereocenters. The van der Waals surface area contributed by atoms with Crippen molar-refractivity contribution in [3.05, 3.63) is 52.4 Å². The van der Waals surface area contributed by atoms with Gasteiger partial charge >= 0.3 is 5.97 Å². The van der Waals surface area contributed by atoms with Crippen LogP contribution in [0.4, 0.5) is 0 Å². The highest BCUT2D eigenvalue weighted by Gasteiger charge is 2.40. The van der Waals surface area contributed by atoms with E-state index in [1.165, 1.54) is 0 Å². The second kappa shape index (κ2) is 8.39. The summed E-state index contributed by atoms with van der Waals surface area (Å²) < 4.78 is 15.9. The number of ketones is 1. The Morgan fingerprint density at radius 2 is 1.96 bits per heavy atom. The van der Waals surface area contributed by atoms with Crippen LogP contribution in [-0.4, -0.2) is 39.2 Å². The zero-order valence-electron chi connectivity index (χ0n) is 16.0. The maximum atomic E-state index is 12.9. The van der Waals surface area contributed by atoms with E-state index >= 15 is 0 Å². The Morgan fingerprint density at radius 1 is 1.19 bits per heavy atom. The molecule has 0 saturated heterocycles. The van der Waals surface area contributed by atoms with Crippen LogP contribution < -0.4 is 10.1 Å². The third-order valence-corrected chi connectivity index (χ3v) is 4.97. The molecular formula is C21H25NO5. The molecule has 27 heavy (non-hydrogen) atoms. The van der Waals surface area contributed by atoms with E-state index in [1.54, 1.807) is 14.2 Å². The molecule has 0 saturated carbocycles. The van der Waals surface area contributed by atoms with Gasteiger partial charge in [0.25, 0.3) is 0 Å². The predicted molar refractivity (Wildman–Crippen MR) is 100 cm³/mol. The van der Waals surface area contributed by atoms with Crippen molar-refractivity contribution in [2.45, 2.75) is 32.1 Å². The highest BCUT2D eigenvalue weighted by Crippen LogP contribution is 2.45. The van der Waals surface area contributed by atoms with E-state index in [0.29, 0.717) is 35.6 Å². The van der Waals surface area contributed by atoms with Crippen LogP contribution in [0.2, 0.25) is 0 Å². The number of ether oxygens (including phenoxy) is 3. The molecule has 0 amide bonds. The second-order valence-corrected chi connectivity index (χ2v) is 6.64. The zero-order chi connectivity index (χ0) is 19.4. The molecule has 0 fully saturated rings. The molecule has 0 aromatic heterocycles. The van der Waals surface area contributed by atoms with Gasteiger partial charge in [0.05, 0.1) is 25.2 Å². The van der Waals surface area contributed by atoms with Crippen LogP contribution in [0.3, 0.4) is 0 Å². The van der Waals surface area contributed by atoms with E-state index in [9.17, 15) is 9.59 Å². The number of hydrogen-bond acceptors (Lipinski definition) is 6. The van der Waals surface area contributed by atoms with Crippen LogP contribution in [-0.2, 0) is 19.1 Å². The number of hydrogen-bond donors (Lipinski definition) is 1. The Morgan fingerprint density at radius 3 is 2.70 bits per heavy atom. The number of para-hydroxylation sites is 1. The molecule has 6 heteroatoms. The quantitative estimate of drug-likeness (QED) is 0.612. The van der Waals surface area contributed by atoms with Crippen molar-refractivity contribution < 1.29 is 23.8 Å². The summed E-state index contributed by atoms with van der Waals surface area (Å²) in [5, 5.41) is 3.27. The molecule has 1 heterocycles. The zero-order valence-corrected chi connectivity index (χ0v) is 16.0. The average molecular weight is 371 g/mol. The van der Waals surface area contributed by atoms with Gasteiger partial charge in [0.1, 0.15) is 12.4 Å². The average Bonchev–Trinajstić information content (AvgIpc) is 2.67. The Bertz CT molecular complexity index is 809. The maximum Gasteiger partial charge on any atom is 0.336 e. The summed E-state index contributed by atoms with van der Waals surface area (Å²) in [5.41, 5.74) is 3.50. The second-order valence-electron chi connectivity index (χ2n) is 6.64. The van der Waals surface area contributed by atoms with Gasteiger partial charge in [0.15, 0.2) is 5.78 Å². The van der Waals surface area contributed by atoms with E-state index in [1.807, 2.05) is 31.2 Å². The molecule has 1 N–H and O–H groups in total. The van der Waals surface area contributed by atoms with Crippen LogP contribution in [0.25, 0.3) is 0 Å². The SMILES string of the molecule is COCCOC(=O)C1=C(C)NC2=C(C(=O)CCC2)[C@H]1c1ccccc1OC. The third-order valence-electron chi connectivity index (χ3n) is 4.97. The maximum absolute atomic E-state index is 12.9. The molecule has 0 spiro atoms. The first-order chi connectivity index (χ1) is 13.1. The molecule has 1 aliphatic heterocycles. The van der Waals surface area contributed by atoms with Gasteiger partial charge in [-0.25, -0.2) is 4.79 Å². The molecular weight excluding hydrogens is 346 g/mol. The summed E-state index contributed by atoms with van der Waals surface area (Å²) in [5.74, 6) is -0.239. The van der Waals surface area contributed by atoms with Gasteiger partial charge in [0, 0.05) is 36.1 Å². The summed E-state index contributed by atoms with van der Waals surface area (Å²) in [4.78, 5) is 25.7. The molecule has 1 atom stereocenters. The Labute approximate surface area is 159 Å². The Balaban J connectivity index is 2.10. The summed E-state index contributed by atoms with van der Waals surface area (Å²) in [6.07, 6.45) is 2.08. The highest BCUT2D eigenvalue weighted by molar-refractivity contribution is 6.04. The van der Waals surface area contributed by atoms with Gasteiger partial charge in [0.2, 0.25) is 0 Å². The van der Waals surface area contributed by atoms with Gasteiger partial charge in [-0.1, -0.05) is 18.2 Å². The van der Waals surface area contributed by atoms with Crippen molar-refractivity contribution in [1.29, 1.82) is 0 Å². The molecule has 0 bridgehead atoms. The number of rotatable bonds is 6. The smallest absolute Gasteiger partial charge is 0.336 e. The molecule has 144 valence electrons. The number of esters is 1. The normalized spacial score (nSPS) is 19.5. The van der Waals surface area contributed by atoms with Crippen molar-refractivity contribution in [2.75, 3.05) is 27.4 Å². The molecule has 1 aromatic carbocycles. The van der Waals surface area contributed by atoms with Crippen LogP contribution >= 0.6 is 0 Å². The van der Waals surface area contributed by atoms with Crippen LogP contribution in [0.5, 0.6) is 5.75 Å². The molecule has 1 aliphatic carbocycles. The molecule has 6 nitrogen and oxygen atoms in total. The number of dihydropyridines is 1. The lowest BCUT2D eigenvalue weighted by Gasteiger charge is -2.34. The fourth-order valence-corrected chi connectivity index (χ4v) is 3.77. The van der Waals surface area contributed by atoms with E-state index in [4.69, 9.17) is 14.2 Å². The summed E-state index contributed by atoms with van der Waals surface area (Å²) in [6, 6.07) is 7.50. The van der Waals surface area contributed by atoms with Gasteiger partial charge in [-0.3, -0.25) is 4.79 Å². The fraction of sp³-hybridized carbons (Fsp3) is 0.429. The largest absolute Gasteiger partial charge is 0.496 e. The monoisotopic (exact) mass is 371 g/mol. The lowest BCUT2D eigenvalue weighted by molar-refractivity contribution is -0.140. The number of carbonyl (C=O) groups excluding carboxylic acids is 2. The van der Waals surface area contributed by atoms with Crippen molar-refractivity contribution in [1.82, 2.24) is 5.32 Å². The van der Waals surface area contributed by atoms with Gasteiger partial charge in [-0.2, -0.15) is 0 Å². The van der Waals surface area contributed by atoms with Crippen LogP contribution in [0, 0.1) is 0 Å². The minimum Gasteiger partial charge on any atom is -0.496 e. The summed E-state index contributed by atoms with van der Waals surface area (Å²) in [6.45, 7) is 2.32. The topological polar surface area (TPSA) is 73.9 Å². The first-order valence-corrected chi connectivity index (χ1v) is 9.11. The van der Waals surface area contributed by atoms with E-state index < -0.39 is 11.9 Å². The lowest BCUT2D eigenvalue weighted by Crippen LogP contribution is -2.34. The third kappa shape index (κ3) is 3.76. The number of nitrogens with one attached hydrogen (secondary N) is 1. The fourth-order valence-electron chi connectivity index (χ4n) is 3.77. The van der Waals surface area contributed by atoms with Crippen LogP contribution in [0.1, 0.15) is 37.7 Å². The van der Waals surface area contributed by atoms with Crippen LogP contribution in [0.15, 0.2) is 46.8 Å². The minimum absolute atomic E-state index is 0.0642. The lowest BCUT2D eigenvalue weighted by atomic mass is 9.75. The minimum atomic E-state index is -0.500. The van der Waals surface area contributed by atoms with Crippen molar-refractivity contribution >= 4 is 11.8 Å². The number of methoxy groups -OCH3 is 2.